The Morgan fingerprint density at radius 1 is 1.00 bits per heavy atom. The average molecular weight is 183 g/mol. The lowest BCUT2D eigenvalue weighted by molar-refractivity contribution is 0.139. The summed E-state index contributed by atoms with van der Waals surface area (Å²) in [5.41, 5.74) is 0. The summed E-state index contributed by atoms with van der Waals surface area (Å²) in [5, 5.41) is 13.3. The minimum atomic E-state index is -0.0761. The summed E-state index contributed by atoms with van der Waals surface area (Å²) in [4.78, 5) is 0. The molecule has 76 valence electrons. The van der Waals surface area contributed by atoms with Crippen molar-refractivity contribution in [1.82, 2.24) is 5.32 Å². The van der Waals surface area contributed by atoms with Crippen LogP contribution in [0.2, 0.25) is 0 Å². The van der Waals surface area contributed by atoms with Gasteiger partial charge < -0.3 is 10.4 Å². The molecular formula is C11H21NO. The van der Waals surface area contributed by atoms with Gasteiger partial charge in [-0.2, -0.15) is 0 Å². The lowest BCUT2D eigenvalue weighted by Gasteiger charge is -2.24. The van der Waals surface area contributed by atoms with E-state index in [1.165, 1.54) is 32.1 Å². The molecule has 0 aromatic rings. The molecule has 2 saturated carbocycles. The van der Waals surface area contributed by atoms with Crippen molar-refractivity contribution in [1.29, 1.82) is 0 Å². The fraction of sp³-hybridized carbons (Fsp3) is 1.00. The number of nitrogens with one attached hydrogen (secondary N) is 1. The summed E-state index contributed by atoms with van der Waals surface area (Å²) in [7, 11) is 0. The van der Waals surface area contributed by atoms with Crippen LogP contribution >= 0.6 is 0 Å². The molecule has 0 amide bonds. The Balaban J connectivity index is 1.82. The zero-order chi connectivity index (χ0) is 9.26. The van der Waals surface area contributed by atoms with Crippen LogP contribution in [0, 0.1) is 5.92 Å². The molecule has 0 aromatic heterocycles. The second-order valence-corrected chi connectivity index (χ2v) is 4.79. The van der Waals surface area contributed by atoms with Crippen LogP contribution < -0.4 is 5.32 Å². The Labute approximate surface area is 80.7 Å². The van der Waals surface area contributed by atoms with E-state index in [1.54, 1.807) is 0 Å². The third-order valence-corrected chi connectivity index (χ3v) is 3.77. The predicted octanol–water partition coefficient (Wildman–Crippen LogP) is 1.68. The van der Waals surface area contributed by atoms with Crippen LogP contribution in [-0.4, -0.2) is 23.3 Å². The Morgan fingerprint density at radius 2 is 1.69 bits per heavy atom. The van der Waals surface area contributed by atoms with Crippen molar-refractivity contribution in [2.75, 3.05) is 0 Å². The van der Waals surface area contributed by atoms with Crippen LogP contribution in [0.4, 0.5) is 0 Å². The van der Waals surface area contributed by atoms with E-state index in [1.807, 2.05) is 0 Å². The van der Waals surface area contributed by atoms with E-state index >= 15 is 0 Å². The zero-order valence-electron chi connectivity index (χ0n) is 8.50. The van der Waals surface area contributed by atoms with Crippen LogP contribution in [0.1, 0.15) is 45.4 Å². The molecule has 0 aromatic carbocycles. The van der Waals surface area contributed by atoms with Crippen LogP contribution in [0.25, 0.3) is 0 Å². The molecule has 2 fully saturated rings. The first-order valence-corrected chi connectivity index (χ1v) is 5.71. The van der Waals surface area contributed by atoms with Gasteiger partial charge in [0.25, 0.3) is 0 Å². The van der Waals surface area contributed by atoms with Crippen molar-refractivity contribution in [3.05, 3.63) is 0 Å². The molecule has 2 aliphatic carbocycles. The van der Waals surface area contributed by atoms with Gasteiger partial charge in [0.05, 0.1) is 6.10 Å². The van der Waals surface area contributed by atoms with E-state index in [4.69, 9.17) is 0 Å². The minimum Gasteiger partial charge on any atom is -0.392 e. The Kier molecular flexibility index (Phi) is 2.89. The van der Waals surface area contributed by atoms with Gasteiger partial charge >= 0.3 is 0 Å². The average Bonchev–Trinajstić information content (AvgIpc) is 2.65. The molecular weight excluding hydrogens is 162 g/mol. The minimum absolute atomic E-state index is 0.0761. The smallest absolute Gasteiger partial charge is 0.0693 e. The third kappa shape index (κ3) is 2.05. The molecule has 2 nitrogen and oxygen atoms in total. The molecule has 2 aliphatic rings. The summed E-state index contributed by atoms with van der Waals surface area (Å²) >= 11 is 0. The largest absolute Gasteiger partial charge is 0.392 e. The van der Waals surface area contributed by atoms with E-state index in [9.17, 15) is 5.11 Å². The molecule has 0 aliphatic heterocycles. The van der Waals surface area contributed by atoms with Crippen molar-refractivity contribution in [3.63, 3.8) is 0 Å². The van der Waals surface area contributed by atoms with Gasteiger partial charge in [0.15, 0.2) is 0 Å². The molecule has 13 heavy (non-hydrogen) atoms. The van der Waals surface area contributed by atoms with Gasteiger partial charge in [-0.1, -0.05) is 13.3 Å². The number of rotatable bonds is 2. The van der Waals surface area contributed by atoms with E-state index in [0.29, 0.717) is 12.1 Å². The Hall–Kier alpha value is -0.0800. The quantitative estimate of drug-likeness (QED) is 0.682. The predicted molar refractivity (Wildman–Crippen MR) is 53.6 cm³/mol. The fourth-order valence-corrected chi connectivity index (χ4v) is 2.80. The van der Waals surface area contributed by atoms with Crippen molar-refractivity contribution < 1.29 is 5.11 Å². The molecule has 0 spiro atoms. The standard InChI is InChI=1S/C11H21NO/c1-8-4-2-5-9(8)12-10-6-3-7-11(10)13/h8-13H,2-7H2,1H3/t8?,9?,10-,11-/m1/s1. The lowest BCUT2D eigenvalue weighted by Crippen LogP contribution is -2.43. The van der Waals surface area contributed by atoms with E-state index in [-0.39, 0.29) is 6.10 Å². The van der Waals surface area contributed by atoms with Gasteiger partial charge in [-0.05, 0) is 38.0 Å². The zero-order valence-corrected chi connectivity index (χ0v) is 8.50. The van der Waals surface area contributed by atoms with Crippen LogP contribution in [-0.2, 0) is 0 Å². The van der Waals surface area contributed by atoms with Crippen molar-refractivity contribution >= 4 is 0 Å². The molecule has 2 heteroatoms. The second-order valence-electron chi connectivity index (χ2n) is 4.79. The summed E-state index contributed by atoms with van der Waals surface area (Å²) in [6.45, 7) is 2.33. The van der Waals surface area contributed by atoms with Crippen molar-refractivity contribution in [2.24, 2.45) is 5.92 Å². The molecule has 2 rings (SSSR count). The fourth-order valence-electron chi connectivity index (χ4n) is 2.80. The van der Waals surface area contributed by atoms with Crippen LogP contribution in [0.5, 0.6) is 0 Å². The van der Waals surface area contributed by atoms with E-state index in [2.05, 4.69) is 12.2 Å². The van der Waals surface area contributed by atoms with Gasteiger partial charge in [-0.3, -0.25) is 0 Å². The molecule has 0 heterocycles. The van der Waals surface area contributed by atoms with Gasteiger partial charge in [0.1, 0.15) is 0 Å². The van der Waals surface area contributed by atoms with Crippen LogP contribution in [0.15, 0.2) is 0 Å². The molecule has 0 saturated heterocycles. The third-order valence-electron chi connectivity index (χ3n) is 3.77. The highest BCUT2D eigenvalue weighted by atomic mass is 16.3. The van der Waals surface area contributed by atoms with Crippen LogP contribution in [0.3, 0.4) is 0 Å². The molecule has 2 N–H and O–H groups in total. The number of hydrogen-bond acceptors (Lipinski definition) is 2. The number of aliphatic hydroxyl groups excluding tert-OH is 1. The normalized spacial score (nSPS) is 45.7. The highest BCUT2D eigenvalue weighted by Gasteiger charge is 2.30. The van der Waals surface area contributed by atoms with E-state index < -0.39 is 0 Å². The number of aliphatic hydroxyl groups is 1. The van der Waals surface area contributed by atoms with Gasteiger partial charge in [-0.15, -0.1) is 0 Å². The monoisotopic (exact) mass is 183 g/mol. The van der Waals surface area contributed by atoms with Gasteiger partial charge in [0, 0.05) is 12.1 Å². The Bertz CT molecular complexity index is 153. The second kappa shape index (κ2) is 3.97. The molecule has 4 atom stereocenters. The maximum absolute atomic E-state index is 9.67. The SMILES string of the molecule is CC1CCCC1N[C@@H]1CCC[C@H]1O. The Morgan fingerprint density at radius 3 is 2.23 bits per heavy atom. The van der Waals surface area contributed by atoms with Gasteiger partial charge in [-0.25, -0.2) is 0 Å². The molecule has 0 bridgehead atoms. The summed E-state index contributed by atoms with van der Waals surface area (Å²) < 4.78 is 0. The van der Waals surface area contributed by atoms with Crippen molar-refractivity contribution in [2.45, 2.75) is 63.6 Å². The maximum atomic E-state index is 9.67. The topological polar surface area (TPSA) is 32.3 Å². The van der Waals surface area contributed by atoms with E-state index in [0.717, 1.165) is 12.3 Å². The molecule has 0 radical (unpaired) electrons. The highest BCUT2D eigenvalue weighted by molar-refractivity contribution is 4.89. The number of hydrogen-bond donors (Lipinski definition) is 2. The lowest BCUT2D eigenvalue weighted by atomic mass is 10.0. The van der Waals surface area contributed by atoms with Gasteiger partial charge in [0.2, 0.25) is 0 Å². The first kappa shape index (κ1) is 9.47. The molecule has 2 unspecified atom stereocenters. The summed E-state index contributed by atoms with van der Waals surface area (Å²) in [5.74, 6) is 0.813. The first-order valence-electron chi connectivity index (χ1n) is 5.71. The summed E-state index contributed by atoms with van der Waals surface area (Å²) in [6.07, 6.45) is 7.32. The summed E-state index contributed by atoms with van der Waals surface area (Å²) in [6, 6.07) is 1.07. The highest BCUT2D eigenvalue weighted by Crippen LogP contribution is 2.27. The first-order chi connectivity index (χ1) is 6.27. The maximum Gasteiger partial charge on any atom is 0.0693 e. The van der Waals surface area contributed by atoms with Crippen molar-refractivity contribution in [3.8, 4) is 0 Å².